The summed E-state index contributed by atoms with van der Waals surface area (Å²) in [6.07, 6.45) is 2.21. The van der Waals surface area contributed by atoms with Crippen molar-refractivity contribution < 1.29 is 0 Å². The summed E-state index contributed by atoms with van der Waals surface area (Å²) < 4.78 is 0. The van der Waals surface area contributed by atoms with Crippen molar-refractivity contribution in [2.75, 3.05) is 13.1 Å². The minimum absolute atomic E-state index is 0.665. The van der Waals surface area contributed by atoms with Gasteiger partial charge in [0.05, 0.1) is 0 Å². The first-order valence-corrected chi connectivity index (χ1v) is 3.38. The maximum Gasteiger partial charge on any atom is 0.0345 e. The fourth-order valence-electron chi connectivity index (χ4n) is 1.02. The zero-order valence-corrected chi connectivity index (χ0v) is 6.09. The Morgan fingerprint density at radius 3 is 2.56 bits per heavy atom. The van der Waals surface area contributed by atoms with E-state index in [1.165, 1.54) is 5.57 Å². The summed E-state index contributed by atoms with van der Waals surface area (Å²) in [5.41, 5.74) is 1.47. The van der Waals surface area contributed by atoms with Crippen molar-refractivity contribution in [2.24, 2.45) is 11.8 Å². The summed E-state index contributed by atoms with van der Waals surface area (Å²) in [7, 11) is 0. The number of rotatable bonds is 1. The monoisotopic (exact) mass is 126 g/mol. The summed E-state index contributed by atoms with van der Waals surface area (Å²) >= 11 is 0. The minimum atomic E-state index is 0.665. The second kappa shape index (κ2) is 2.50. The first-order chi connectivity index (χ1) is 4.20. The standard InChI is InChI=1S/C7H14N2/c1-6(2)7-3-4-9(8)5-7/h3,6H,4-5,8H2,1-2H3. The van der Waals surface area contributed by atoms with Crippen LogP contribution in [0, 0.1) is 5.92 Å². The van der Waals surface area contributed by atoms with Crippen LogP contribution >= 0.6 is 0 Å². The molecule has 0 spiro atoms. The van der Waals surface area contributed by atoms with Crippen LogP contribution in [0.3, 0.4) is 0 Å². The van der Waals surface area contributed by atoms with Gasteiger partial charge in [-0.15, -0.1) is 0 Å². The van der Waals surface area contributed by atoms with Crippen LogP contribution in [0.2, 0.25) is 0 Å². The topological polar surface area (TPSA) is 29.3 Å². The molecule has 0 aromatic rings. The van der Waals surface area contributed by atoms with Crippen LogP contribution in [0.1, 0.15) is 13.8 Å². The summed E-state index contributed by atoms with van der Waals surface area (Å²) in [5, 5.41) is 1.83. The lowest BCUT2D eigenvalue weighted by Gasteiger charge is -2.09. The summed E-state index contributed by atoms with van der Waals surface area (Å²) in [6.45, 7) is 6.28. The van der Waals surface area contributed by atoms with Gasteiger partial charge in [0.25, 0.3) is 0 Å². The Balaban J connectivity index is 2.45. The Labute approximate surface area is 56.3 Å². The maximum absolute atomic E-state index is 5.54. The molecule has 0 radical (unpaired) electrons. The van der Waals surface area contributed by atoms with Gasteiger partial charge in [-0.1, -0.05) is 25.5 Å². The van der Waals surface area contributed by atoms with Gasteiger partial charge in [-0.2, -0.15) is 0 Å². The molecule has 0 atom stereocenters. The molecule has 9 heavy (non-hydrogen) atoms. The lowest BCUT2D eigenvalue weighted by molar-refractivity contribution is 0.359. The lowest BCUT2D eigenvalue weighted by atomic mass is 10.1. The highest BCUT2D eigenvalue weighted by Crippen LogP contribution is 2.14. The molecule has 0 aromatic heterocycles. The Kier molecular flexibility index (Phi) is 1.88. The number of hydrogen-bond acceptors (Lipinski definition) is 2. The highest BCUT2D eigenvalue weighted by atomic mass is 15.4. The molecule has 2 heteroatoms. The van der Waals surface area contributed by atoms with E-state index < -0.39 is 0 Å². The van der Waals surface area contributed by atoms with Crippen molar-refractivity contribution in [1.29, 1.82) is 0 Å². The van der Waals surface area contributed by atoms with E-state index in [-0.39, 0.29) is 0 Å². The van der Waals surface area contributed by atoms with E-state index in [0.717, 1.165) is 13.1 Å². The Morgan fingerprint density at radius 2 is 2.33 bits per heavy atom. The third-order valence-electron chi connectivity index (χ3n) is 1.72. The highest BCUT2D eigenvalue weighted by Gasteiger charge is 2.11. The molecular formula is C7H14N2. The molecule has 0 saturated heterocycles. The van der Waals surface area contributed by atoms with E-state index in [1.807, 2.05) is 5.01 Å². The molecule has 2 nitrogen and oxygen atoms in total. The zero-order valence-electron chi connectivity index (χ0n) is 6.09. The number of hydrogen-bond donors (Lipinski definition) is 1. The molecule has 1 aliphatic rings. The van der Waals surface area contributed by atoms with Gasteiger partial charge in [-0.05, 0) is 5.92 Å². The molecule has 1 heterocycles. The fourth-order valence-corrected chi connectivity index (χ4v) is 1.02. The maximum atomic E-state index is 5.54. The van der Waals surface area contributed by atoms with Crippen molar-refractivity contribution in [3.8, 4) is 0 Å². The number of nitrogens with two attached hydrogens (primary N) is 1. The molecule has 0 aliphatic carbocycles. The molecule has 2 N–H and O–H groups in total. The lowest BCUT2D eigenvalue weighted by Crippen LogP contribution is -2.28. The van der Waals surface area contributed by atoms with Crippen LogP contribution in [0.25, 0.3) is 0 Å². The molecule has 0 saturated carbocycles. The van der Waals surface area contributed by atoms with Gasteiger partial charge in [0.2, 0.25) is 0 Å². The first kappa shape index (κ1) is 6.78. The van der Waals surface area contributed by atoms with Crippen molar-refractivity contribution in [3.63, 3.8) is 0 Å². The van der Waals surface area contributed by atoms with E-state index in [4.69, 9.17) is 5.84 Å². The van der Waals surface area contributed by atoms with Crippen molar-refractivity contribution in [1.82, 2.24) is 5.01 Å². The molecule has 0 amide bonds. The van der Waals surface area contributed by atoms with E-state index >= 15 is 0 Å². The van der Waals surface area contributed by atoms with Gasteiger partial charge in [0.1, 0.15) is 0 Å². The van der Waals surface area contributed by atoms with E-state index in [2.05, 4.69) is 19.9 Å². The van der Waals surface area contributed by atoms with Gasteiger partial charge in [0, 0.05) is 13.1 Å². The second-order valence-corrected chi connectivity index (χ2v) is 2.86. The number of hydrazine groups is 1. The van der Waals surface area contributed by atoms with Crippen molar-refractivity contribution in [2.45, 2.75) is 13.8 Å². The van der Waals surface area contributed by atoms with Crippen molar-refractivity contribution >= 4 is 0 Å². The molecule has 0 aromatic carbocycles. The first-order valence-electron chi connectivity index (χ1n) is 3.38. The Morgan fingerprint density at radius 1 is 1.67 bits per heavy atom. The fraction of sp³-hybridized carbons (Fsp3) is 0.714. The molecule has 0 bridgehead atoms. The van der Waals surface area contributed by atoms with Crippen LogP contribution in [-0.2, 0) is 0 Å². The van der Waals surface area contributed by atoms with E-state index in [9.17, 15) is 0 Å². The van der Waals surface area contributed by atoms with Crippen LogP contribution in [-0.4, -0.2) is 18.1 Å². The van der Waals surface area contributed by atoms with E-state index in [1.54, 1.807) is 0 Å². The Bertz CT molecular complexity index is 127. The highest BCUT2D eigenvalue weighted by molar-refractivity contribution is 5.12. The number of nitrogens with zero attached hydrogens (tertiary/aromatic N) is 1. The molecule has 52 valence electrons. The zero-order chi connectivity index (χ0) is 6.85. The molecule has 0 unspecified atom stereocenters. The minimum Gasteiger partial charge on any atom is -0.268 e. The average molecular weight is 126 g/mol. The third-order valence-corrected chi connectivity index (χ3v) is 1.72. The van der Waals surface area contributed by atoms with Crippen LogP contribution in [0.5, 0.6) is 0 Å². The third kappa shape index (κ3) is 1.53. The summed E-state index contributed by atoms with van der Waals surface area (Å²) in [4.78, 5) is 0. The molecule has 1 aliphatic heterocycles. The van der Waals surface area contributed by atoms with Gasteiger partial charge >= 0.3 is 0 Å². The van der Waals surface area contributed by atoms with Crippen molar-refractivity contribution in [3.05, 3.63) is 11.6 Å². The SMILES string of the molecule is CC(C)C1=CCN(N)C1. The smallest absolute Gasteiger partial charge is 0.0345 e. The average Bonchev–Trinajstić information content (AvgIpc) is 2.14. The van der Waals surface area contributed by atoms with Gasteiger partial charge in [0.15, 0.2) is 0 Å². The largest absolute Gasteiger partial charge is 0.268 e. The van der Waals surface area contributed by atoms with Crippen LogP contribution < -0.4 is 5.84 Å². The molecular weight excluding hydrogens is 112 g/mol. The van der Waals surface area contributed by atoms with E-state index in [0.29, 0.717) is 5.92 Å². The second-order valence-electron chi connectivity index (χ2n) is 2.86. The Hall–Kier alpha value is -0.340. The predicted molar refractivity (Wildman–Crippen MR) is 38.7 cm³/mol. The van der Waals surface area contributed by atoms with Crippen LogP contribution in [0.4, 0.5) is 0 Å². The quantitative estimate of drug-likeness (QED) is 0.415. The van der Waals surface area contributed by atoms with Gasteiger partial charge in [-0.25, -0.2) is 5.01 Å². The predicted octanol–water partition coefficient (Wildman–Crippen LogP) is 0.758. The van der Waals surface area contributed by atoms with Gasteiger partial charge < -0.3 is 0 Å². The summed E-state index contributed by atoms with van der Waals surface area (Å²) in [5.74, 6) is 6.21. The normalized spacial score (nSPS) is 21.1. The van der Waals surface area contributed by atoms with Crippen LogP contribution in [0.15, 0.2) is 11.6 Å². The van der Waals surface area contributed by atoms with Gasteiger partial charge in [-0.3, -0.25) is 5.84 Å². The summed E-state index contributed by atoms with van der Waals surface area (Å²) in [6, 6.07) is 0. The molecule has 0 fully saturated rings. The molecule has 1 rings (SSSR count).